The lowest BCUT2D eigenvalue weighted by Crippen LogP contribution is -2.20. The molecule has 1 radical (unpaired) electrons. The lowest BCUT2D eigenvalue weighted by molar-refractivity contribution is -0.186. The van der Waals surface area contributed by atoms with Gasteiger partial charge in [-0.15, -0.1) is 0 Å². The zero-order valence-corrected chi connectivity index (χ0v) is 4.58. The Morgan fingerprint density at radius 3 is 1.57 bits per heavy atom. The van der Waals surface area contributed by atoms with E-state index in [2.05, 4.69) is 0 Å². The van der Waals surface area contributed by atoms with Gasteiger partial charge in [-0.25, -0.2) is 5.11 Å². The highest BCUT2D eigenvalue weighted by Gasteiger charge is 2.37. The van der Waals surface area contributed by atoms with Crippen molar-refractivity contribution in [2.75, 3.05) is 0 Å². The van der Waals surface area contributed by atoms with Crippen LogP contribution in [0.3, 0.4) is 0 Å². The second-order valence-electron chi connectivity index (χ2n) is 0.858. The number of hydrogen-bond acceptors (Lipinski definition) is 0. The van der Waals surface area contributed by atoms with Crippen LogP contribution in [0.15, 0.2) is 0 Å². The molecule has 0 aromatic carbocycles. The van der Waals surface area contributed by atoms with E-state index in [1.54, 1.807) is 0 Å². The summed E-state index contributed by atoms with van der Waals surface area (Å²) in [5.41, 5.74) is 0. The Bertz CT molecular complexity index is 58.4. The van der Waals surface area contributed by atoms with Crippen molar-refractivity contribution >= 4 is 15.9 Å². The van der Waals surface area contributed by atoms with Crippen LogP contribution in [0.2, 0.25) is 0 Å². The third-order valence-corrected chi connectivity index (χ3v) is 0.776. The number of alkyl halides is 4. The minimum absolute atomic E-state index is 1.81. The minimum Gasteiger partial charge on any atom is -0.210 e. The molecule has 0 aromatic rings. The summed E-state index contributed by atoms with van der Waals surface area (Å²) in [5, 5.41) is 6.70. The van der Waals surface area contributed by atoms with Gasteiger partial charge >= 0.3 is 6.18 Å². The van der Waals surface area contributed by atoms with Crippen molar-refractivity contribution in [1.29, 1.82) is 0 Å². The van der Waals surface area contributed by atoms with Crippen LogP contribution in [0.25, 0.3) is 0 Å². The summed E-state index contributed by atoms with van der Waals surface area (Å²) in [6.45, 7) is 0. The van der Waals surface area contributed by atoms with E-state index in [0.29, 0.717) is 0 Å². The zero-order valence-electron chi connectivity index (χ0n) is 3.00. The lowest BCUT2D eigenvalue weighted by atomic mass is 10.7. The van der Waals surface area contributed by atoms with Gasteiger partial charge in [0.2, 0.25) is 5.01 Å². The van der Waals surface area contributed by atoms with Crippen molar-refractivity contribution in [2.45, 2.75) is 11.2 Å². The van der Waals surface area contributed by atoms with Gasteiger partial charge in [0.1, 0.15) is 0 Å². The van der Waals surface area contributed by atoms with Crippen molar-refractivity contribution in [3.63, 3.8) is 0 Å². The average Bonchev–Trinajstić information content (AvgIpc) is 1.31. The van der Waals surface area contributed by atoms with Crippen molar-refractivity contribution < 1.29 is 18.3 Å². The number of halogens is 4. The quantitative estimate of drug-likeness (QED) is 0.503. The predicted octanol–water partition coefficient (Wildman–Crippen LogP) is 1.70. The van der Waals surface area contributed by atoms with Crippen molar-refractivity contribution in [2.24, 2.45) is 0 Å². The monoisotopic (exact) mass is 177 g/mol. The molecule has 0 rings (SSSR count). The third kappa shape index (κ3) is 2.87. The van der Waals surface area contributed by atoms with E-state index in [9.17, 15) is 18.3 Å². The van der Waals surface area contributed by atoms with Gasteiger partial charge in [-0.1, -0.05) is 0 Å². The second kappa shape index (κ2) is 2.00. The van der Waals surface area contributed by atoms with E-state index >= 15 is 0 Å². The molecule has 0 bridgehead atoms. The van der Waals surface area contributed by atoms with Crippen molar-refractivity contribution in [3.05, 3.63) is 0 Å². The molecule has 0 aliphatic heterocycles. The van der Waals surface area contributed by atoms with Gasteiger partial charge in [-0.3, -0.25) is 0 Å². The first-order chi connectivity index (χ1) is 2.94. The summed E-state index contributed by atoms with van der Waals surface area (Å²) in [7, 11) is 0. The Morgan fingerprint density at radius 1 is 1.43 bits per heavy atom. The maximum Gasteiger partial charge on any atom is 0.427 e. The van der Waals surface area contributed by atoms with Gasteiger partial charge in [0.15, 0.2) is 0 Å². The van der Waals surface area contributed by atoms with E-state index in [1.165, 1.54) is 0 Å². The number of rotatable bonds is 0. The van der Waals surface area contributed by atoms with Gasteiger partial charge in [-0.05, 0) is 15.9 Å². The number of hydrogen-bond donors (Lipinski definition) is 0. The van der Waals surface area contributed by atoms with Crippen LogP contribution >= 0.6 is 15.9 Å². The molecular weight excluding hydrogens is 177 g/mol. The molecule has 0 aromatic heterocycles. The van der Waals surface area contributed by atoms with Crippen LogP contribution in [0.4, 0.5) is 13.2 Å². The van der Waals surface area contributed by atoms with Crippen LogP contribution in [-0.4, -0.2) is 11.2 Å². The van der Waals surface area contributed by atoms with Gasteiger partial charge in [-0.2, -0.15) is 13.2 Å². The fraction of sp³-hybridized carbons (Fsp3) is 1.00. The van der Waals surface area contributed by atoms with Crippen LogP contribution < -0.4 is 0 Å². The summed E-state index contributed by atoms with van der Waals surface area (Å²) < 4.78 is 32.5. The van der Waals surface area contributed by atoms with E-state index in [-0.39, 0.29) is 0 Å². The van der Waals surface area contributed by atoms with E-state index in [4.69, 9.17) is 0 Å². The summed E-state index contributed by atoms with van der Waals surface area (Å²) in [5.74, 6) is 0. The fourth-order valence-electron chi connectivity index (χ4n) is 0. The highest BCUT2D eigenvalue weighted by atomic mass is 79.9. The molecular formula is C2HBrF3O. The Labute approximate surface area is 46.3 Å². The van der Waals surface area contributed by atoms with Crippen LogP contribution in [-0.2, 0) is 5.11 Å². The minimum atomic E-state index is -4.64. The summed E-state index contributed by atoms with van der Waals surface area (Å²) in [6.07, 6.45) is -4.64. The first-order valence-corrected chi connectivity index (χ1v) is 2.23. The second-order valence-corrected chi connectivity index (χ2v) is 1.69. The standard InChI is InChI=1S/C2HBrF3O/c3-1(7)2(4,5)6/h1H. The SMILES string of the molecule is [O]C(Br)C(F)(F)F. The molecule has 5 heteroatoms. The van der Waals surface area contributed by atoms with Gasteiger partial charge in [0.25, 0.3) is 0 Å². The predicted molar refractivity (Wildman–Crippen MR) is 19.5 cm³/mol. The molecule has 7 heavy (non-hydrogen) atoms. The molecule has 0 saturated carbocycles. The molecule has 0 saturated heterocycles. The van der Waals surface area contributed by atoms with Crippen LogP contribution in [0.1, 0.15) is 0 Å². The Kier molecular flexibility index (Phi) is 2.07. The third-order valence-electron chi connectivity index (χ3n) is 0.257. The summed E-state index contributed by atoms with van der Waals surface area (Å²) in [6, 6.07) is 0. The largest absolute Gasteiger partial charge is 0.427 e. The first kappa shape index (κ1) is 7.23. The Morgan fingerprint density at radius 2 is 1.57 bits per heavy atom. The molecule has 1 nitrogen and oxygen atoms in total. The Balaban J connectivity index is 3.54. The molecule has 0 N–H and O–H groups in total. The maximum absolute atomic E-state index is 10.8. The molecule has 0 aliphatic rings. The molecule has 0 heterocycles. The molecule has 0 amide bonds. The fourth-order valence-corrected chi connectivity index (χ4v) is 0. The molecule has 1 atom stereocenters. The van der Waals surface area contributed by atoms with E-state index < -0.39 is 11.2 Å². The van der Waals surface area contributed by atoms with Gasteiger partial charge in [0, 0.05) is 0 Å². The van der Waals surface area contributed by atoms with E-state index in [0.717, 1.165) is 0 Å². The van der Waals surface area contributed by atoms with Gasteiger partial charge < -0.3 is 0 Å². The van der Waals surface area contributed by atoms with Gasteiger partial charge in [0.05, 0.1) is 0 Å². The van der Waals surface area contributed by atoms with E-state index in [1.807, 2.05) is 15.9 Å². The molecule has 0 spiro atoms. The van der Waals surface area contributed by atoms with Crippen LogP contribution in [0.5, 0.6) is 0 Å². The molecule has 1 unspecified atom stereocenters. The topological polar surface area (TPSA) is 19.9 Å². The lowest BCUT2D eigenvalue weighted by Gasteiger charge is -2.02. The summed E-state index contributed by atoms with van der Waals surface area (Å²) >= 11 is 1.81. The summed E-state index contributed by atoms with van der Waals surface area (Å²) in [4.78, 5) is 0. The highest BCUT2D eigenvalue weighted by Crippen LogP contribution is 2.23. The molecule has 43 valence electrons. The first-order valence-electron chi connectivity index (χ1n) is 1.31. The van der Waals surface area contributed by atoms with Crippen molar-refractivity contribution in [3.8, 4) is 0 Å². The molecule has 0 fully saturated rings. The smallest absolute Gasteiger partial charge is 0.210 e. The zero-order chi connectivity index (χ0) is 6.08. The average molecular weight is 178 g/mol. The normalized spacial score (nSPS) is 16.7. The van der Waals surface area contributed by atoms with Crippen LogP contribution in [0, 0.1) is 0 Å². The van der Waals surface area contributed by atoms with Crippen molar-refractivity contribution in [1.82, 2.24) is 0 Å². The Hall–Kier alpha value is 0.230. The maximum atomic E-state index is 10.8. The highest BCUT2D eigenvalue weighted by molar-refractivity contribution is 9.09. The molecule has 0 aliphatic carbocycles.